The molecule has 3 rings (SSSR count). The molecular formula is C28H33N3O5. The minimum atomic E-state index is -0.579. The fourth-order valence-corrected chi connectivity index (χ4v) is 3.16. The number of allylic oxidation sites excluding steroid dienone is 16. The summed E-state index contributed by atoms with van der Waals surface area (Å²) in [6.07, 6.45) is 29.3. The Bertz CT molecular complexity index is 1030. The van der Waals surface area contributed by atoms with E-state index in [1.165, 1.54) is 0 Å². The molecule has 8 nitrogen and oxygen atoms in total. The standard InChI is InChI=1S/C15H15NO4.C13H18N2O/c17-13-9-10-14(18)16(13)20-15(19)11-8-12-6-4-2-1-3-5-7-12;14-10-11-15-13(16)9-8-12-6-4-2-1-3-5-7-12/h1-7H,8-11H2;1-7H,8-11,14H2,(H,15,16)/b2*2-1-,3-1?,4-2?,5-3-,6-4?,7-5?,12-6?,12-7?. The maximum atomic E-state index is 11.6. The molecule has 0 aromatic heterocycles. The summed E-state index contributed by atoms with van der Waals surface area (Å²) in [6, 6.07) is 0. The molecule has 3 aliphatic rings. The van der Waals surface area contributed by atoms with Gasteiger partial charge in [0.05, 0.1) is 6.42 Å². The maximum Gasteiger partial charge on any atom is 0.333 e. The highest BCUT2D eigenvalue weighted by molar-refractivity contribution is 6.01. The third-order valence-electron chi connectivity index (χ3n) is 5.05. The zero-order valence-electron chi connectivity index (χ0n) is 20.3. The average Bonchev–Trinajstić information content (AvgIpc) is 3.14. The molecule has 8 heteroatoms. The van der Waals surface area contributed by atoms with Crippen LogP contribution in [0.1, 0.15) is 38.5 Å². The van der Waals surface area contributed by atoms with E-state index in [1.807, 2.05) is 85.1 Å². The number of imide groups is 1. The Hall–Kier alpha value is -4.04. The number of hydrogen-bond donors (Lipinski definition) is 2. The molecule has 0 spiro atoms. The molecule has 0 saturated carbocycles. The first-order chi connectivity index (χ1) is 17.5. The summed E-state index contributed by atoms with van der Waals surface area (Å²) in [4.78, 5) is 50.4. The van der Waals surface area contributed by atoms with Crippen molar-refractivity contribution in [1.29, 1.82) is 0 Å². The van der Waals surface area contributed by atoms with Gasteiger partial charge in [0.15, 0.2) is 0 Å². The van der Waals surface area contributed by atoms with Crippen LogP contribution in [0.4, 0.5) is 0 Å². The molecule has 0 aromatic rings. The summed E-state index contributed by atoms with van der Waals surface area (Å²) >= 11 is 0. The van der Waals surface area contributed by atoms with Crippen LogP contribution < -0.4 is 11.1 Å². The van der Waals surface area contributed by atoms with Crippen LogP contribution in [0.2, 0.25) is 0 Å². The predicted molar refractivity (Wildman–Crippen MR) is 139 cm³/mol. The molecular weight excluding hydrogens is 458 g/mol. The van der Waals surface area contributed by atoms with Crippen molar-refractivity contribution >= 4 is 23.7 Å². The predicted octanol–water partition coefficient (Wildman–Crippen LogP) is 3.43. The first-order valence-corrected chi connectivity index (χ1v) is 11.9. The van der Waals surface area contributed by atoms with Crippen LogP contribution in [-0.2, 0) is 24.0 Å². The monoisotopic (exact) mass is 491 g/mol. The van der Waals surface area contributed by atoms with Gasteiger partial charge < -0.3 is 15.9 Å². The van der Waals surface area contributed by atoms with Crippen molar-refractivity contribution in [3.05, 3.63) is 96.2 Å². The lowest BCUT2D eigenvalue weighted by Crippen LogP contribution is -2.31. The molecule has 190 valence electrons. The zero-order chi connectivity index (χ0) is 26.0. The molecule has 36 heavy (non-hydrogen) atoms. The number of hydrogen-bond acceptors (Lipinski definition) is 6. The Balaban J connectivity index is 0.000000261. The number of rotatable bonds is 9. The Morgan fingerprint density at radius 2 is 1.28 bits per heavy atom. The van der Waals surface area contributed by atoms with Gasteiger partial charge >= 0.3 is 5.97 Å². The van der Waals surface area contributed by atoms with Gasteiger partial charge in [0.2, 0.25) is 5.91 Å². The fraction of sp³-hybridized carbons (Fsp3) is 0.286. The lowest BCUT2D eigenvalue weighted by Gasteiger charge is -2.12. The largest absolute Gasteiger partial charge is 0.355 e. The summed E-state index contributed by atoms with van der Waals surface area (Å²) in [6.45, 7) is 1.04. The van der Waals surface area contributed by atoms with Crippen molar-refractivity contribution in [2.45, 2.75) is 38.5 Å². The van der Waals surface area contributed by atoms with E-state index < -0.39 is 17.8 Å². The number of hydroxylamine groups is 2. The number of nitrogens with zero attached hydrogens (tertiary/aromatic N) is 1. The smallest absolute Gasteiger partial charge is 0.333 e. The molecule has 0 radical (unpaired) electrons. The van der Waals surface area contributed by atoms with E-state index in [1.54, 1.807) is 0 Å². The summed E-state index contributed by atoms with van der Waals surface area (Å²) in [5, 5.41) is 3.33. The van der Waals surface area contributed by atoms with Crippen LogP contribution in [0, 0.1) is 0 Å². The summed E-state index contributed by atoms with van der Waals surface area (Å²) < 4.78 is 0. The second-order valence-electron chi connectivity index (χ2n) is 7.92. The first kappa shape index (κ1) is 28.2. The van der Waals surface area contributed by atoms with E-state index in [9.17, 15) is 19.2 Å². The maximum absolute atomic E-state index is 11.6. The lowest BCUT2D eigenvalue weighted by atomic mass is 10.1. The Morgan fingerprint density at radius 1 is 0.778 bits per heavy atom. The van der Waals surface area contributed by atoms with Crippen molar-refractivity contribution in [1.82, 2.24) is 10.4 Å². The Kier molecular flexibility index (Phi) is 13.0. The van der Waals surface area contributed by atoms with E-state index in [2.05, 4.69) is 5.32 Å². The SMILES string of the molecule is NCCNC(=O)CCC1=C/C=C\C=C/C=C1.O=C(CCC1=C/C=C\C=C/C=C1)ON1C(=O)CCC1=O. The van der Waals surface area contributed by atoms with Crippen LogP contribution in [0.5, 0.6) is 0 Å². The minimum absolute atomic E-state index is 0.0568. The van der Waals surface area contributed by atoms with Gasteiger partial charge in [-0.2, -0.15) is 0 Å². The van der Waals surface area contributed by atoms with Gasteiger partial charge in [-0.05, 0) is 24.0 Å². The van der Waals surface area contributed by atoms with Crippen LogP contribution in [0.15, 0.2) is 96.2 Å². The fourth-order valence-electron chi connectivity index (χ4n) is 3.16. The molecule has 1 saturated heterocycles. The topological polar surface area (TPSA) is 119 Å². The molecule has 2 aliphatic carbocycles. The summed E-state index contributed by atoms with van der Waals surface area (Å²) in [7, 11) is 0. The second-order valence-corrected chi connectivity index (χ2v) is 7.92. The molecule has 0 unspecified atom stereocenters. The van der Waals surface area contributed by atoms with Crippen LogP contribution >= 0.6 is 0 Å². The molecule has 0 aromatic carbocycles. The van der Waals surface area contributed by atoms with E-state index in [0.29, 0.717) is 31.0 Å². The third kappa shape index (κ3) is 11.4. The van der Waals surface area contributed by atoms with Crippen molar-refractivity contribution in [2.24, 2.45) is 5.73 Å². The zero-order valence-corrected chi connectivity index (χ0v) is 20.3. The number of amides is 3. The van der Waals surface area contributed by atoms with Gasteiger partial charge in [-0.1, -0.05) is 85.1 Å². The highest BCUT2D eigenvalue weighted by Gasteiger charge is 2.32. The minimum Gasteiger partial charge on any atom is -0.355 e. The first-order valence-electron chi connectivity index (χ1n) is 11.9. The van der Waals surface area contributed by atoms with E-state index in [-0.39, 0.29) is 25.2 Å². The van der Waals surface area contributed by atoms with Gasteiger partial charge in [0.25, 0.3) is 11.8 Å². The number of carbonyl (C=O) groups excluding carboxylic acids is 4. The molecule has 0 bridgehead atoms. The van der Waals surface area contributed by atoms with Gasteiger partial charge in [-0.25, -0.2) is 4.79 Å². The van der Waals surface area contributed by atoms with Crippen LogP contribution in [-0.4, -0.2) is 41.8 Å². The van der Waals surface area contributed by atoms with Crippen molar-refractivity contribution in [3.63, 3.8) is 0 Å². The lowest BCUT2D eigenvalue weighted by molar-refractivity contribution is -0.197. The molecule has 0 atom stereocenters. The van der Waals surface area contributed by atoms with Gasteiger partial charge in [0, 0.05) is 32.4 Å². The molecule has 3 N–H and O–H groups in total. The quantitative estimate of drug-likeness (QED) is 0.477. The highest BCUT2D eigenvalue weighted by atomic mass is 16.7. The van der Waals surface area contributed by atoms with Crippen LogP contribution in [0.25, 0.3) is 0 Å². The van der Waals surface area contributed by atoms with E-state index in [0.717, 1.165) is 17.6 Å². The van der Waals surface area contributed by atoms with E-state index in [4.69, 9.17) is 10.6 Å². The number of carbonyl (C=O) groups is 4. The summed E-state index contributed by atoms with van der Waals surface area (Å²) in [5.74, 6) is -1.44. The van der Waals surface area contributed by atoms with Gasteiger partial charge in [0.1, 0.15) is 0 Å². The Morgan fingerprint density at radius 3 is 1.83 bits per heavy atom. The average molecular weight is 492 g/mol. The highest BCUT2D eigenvalue weighted by Crippen LogP contribution is 2.15. The molecule has 1 aliphatic heterocycles. The second kappa shape index (κ2) is 16.6. The molecule has 3 amide bonds. The normalized spacial score (nSPS) is 19.9. The van der Waals surface area contributed by atoms with Crippen molar-refractivity contribution in [3.8, 4) is 0 Å². The number of nitrogens with two attached hydrogens (primary N) is 1. The number of nitrogens with one attached hydrogen (secondary N) is 1. The van der Waals surface area contributed by atoms with Crippen molar-refractivity contribution in [2.75, 3.05) is 13.1 Å². The third-order valence-corrected chi connectivity index (χ3v) is 5.05. The van der Waals surface area contributed by atoms with Crippen LogP contribution in [0.3, 0.4) is 0 Å². The van der Waals surface area contributed by atoms with Gasteiger partial charge in [-0.3, -0.25) is 14.4 Å². The molecule has 1 heterocycles. The Labute approximate surface area is 211 Å². The van der Waals surface area contributed by atoms with E-state index >= 15 is 0 Å². The summed E-state index contributed by atoms with van der Waals surface area (Å²) in [5.41, 5.74) is 7.43. The molecule has 1 fully saturated rings. The van der Waals surface area contributed by atoms with Crippen molar-refractivity contribution < 1.29 is 24.0 Å². The van der Waals surface area contributed by atoms with Gasteiger partial charge in [-0.15, -0.1) is 5.06 Å².